The minimum absolute atomic E-state index is 0.0429. The first-order chi connectivity index (χ1) is 9.70. The highest BCUT2D eigenvalue weighted by Gasteiger charge is 2.20. The summed E-state index contributed by atoms with van der Waals surface area (Å²) in [6.07, 6.45) is 2.88. The van der Waals surface area contributed by atoms with Crippen LogP contribution in [-0.4, -0.2) is 36.7 Å². The van der Waals surface area contributed by atoms with Gasteiger partial charge in [-0.25, -0.2) is 4.98 Å². The molecule has 6 heteroatoms. The number of amides is 1. The molecule has 0 spiro atoms. The molecule has 5 nitrogen and oxygen atoms in total. The summed E-state index contributed by atoms with van der Waals surface area (Å²) in [5.74, 6) is 0.423. The van der Waals surface area contributed by atoms with E-state index >= 15 is 0 Å². The lowest BCUT2D eigenvalue weighted by atomic mass is 10.1. The van der Waals surface area contributed by atoms with E-state index in [1.54, 1.807) is 12.1 Å². The summed E-state index contributed by atoms with van der Waals surface area (Å²) in [5.41, 5.74) is 0.262. The highest BCUT2D eigenvalue weighted by Crippen LogP contribution is 2.17. The first-order valence-corrected chi connectivity index (χ1v) is 7.37. The first kappa shape index (κ1) is 15.1. The Kier molecular flexibility index (Phi) is 5.61. The summed E-state index contributed by atoms with van der Waals surface area (Å²) < 4.78 is 5.35. The second kappa shape index (κ2) is 7.45. The van der Waals surface area contributed by atoms with E-state index in [4.69, 9.17) is 16.3 Å². The Bertz CT molecular complexity index is 462. The number of nitrogens with one attached hydrogen (secondary N) is 2. The van der Waals surface area contributed by atoms with Gasteiger partial charge < -0.3 is 15.4 Å². The van der Waals surface area contributed by atoms with E-state index in [9.17, 15) is 4.79 Å². The van der Waals surface area contributed by atoms with Crippen molar-refractivity contribution in [3.63, 3.8) is 0 Å². The molecule has 1 unspecified atom stereocenters. The van der Waals surface area contributed by atoms with E-state index in [2.05, 4.69) is 22.5 Å². The normalized spacial score (nSPS) is 18.6. The molecule has 1 saturated heterocycles. The van der Waals surface area contributed by atoms with Gasteiger partial charge in [-0.2, -0.15) is 0 Å². The number of carbonyl (C=O) groups is 1. The molecule has 0 bridgehead atoms. The molecule has 1 amide bonds. The second-order valence-corrected chi connectivity index (χ2v) is 5.25. The number of halogens is 1. The third kappa shape index (κ3) is 4.08. The number of anilines is 1. The largest absolute Gasteiger partial charge is 0.379 e. The van der Waals surface area contributed by atoms with Crippen molar-refractivity contribution in [2.24, 2.45) is 0 Å². The van der Waals surface area contributed by atoms with Gasteiger partial charge in [-0.05, 0) is 31.4 Å². The molecule has 1 aliphatic rings. The lowest BCUT2D eigenvalue weighted by molar-refractivity contribution is 0.0622. The highest BCUT2D eigenvalue weighted by molar-refractivity contribution is 6.33. The third-order valence-corrected chi connectivity index (χ3v) is 3.42. The Morgan fingerprint density at radius 1 is 1.55 bits per heavy atom. The Morgan fingerprint density at radius 2 is 2.40 bits per heavy atom. The summed E-state index contributed by atoms with van der Waals surface area (Å²) in [5, 5.41) is 6.43. The van der Waals surface area contributed by atoms with Crippen molar-refractivity contribution in [1.82, 2.24) is 10.3 Å². The fraction of sp³-hybridized carbons (Fsp3) is 0.571. The van der Waals surface area contributed by atoms with Crippen molar-refractivity contribution in [2.45, 2.75) is 32.2 Å². The zero-order valence-corrected chi connectivity index (χ0v) is 12.4. The van der Waals surface area contributed by atoms with Crippen LogP contribution in [-0.2, 0) is 4.74 Å². The van der Waals surface area contributed by atoms with Gasteiger partial charge in [-0.3, -0.25) is 4.79 Å². The summed E-state index contributed by atoms with van der Waals surface area (Å²) in [7, 11) is 0. The summed E-state index contributed by atoms with van der Waals surface area (Å²) in [6, 6.07) is 3.51. The number of rotatable bonds is 5. The van der Waals surface area contributed by atoms with Crippen LogP contribution in [0.25, 0.3) is 0 Å². The molecule has 1 aromatic rings. The highest BCUT2D eigenvalue weighted by atomic mass is 35.5. The molecule has 2 N–H and O–H groups in total. The summed E-state index contributed by atoms with van der Waals surface area (Å²) in [6.45, 7) is 4.20. The number of hydrogen-bond donors (Lipinski definition) is 2. The standard InChI is InChI=1S/C14H20ClN3O2/c1-2-7-16-12-6-5-11(15)13(18-12)14(19)17-10-4-3-8-20-9-10/h5-6,10H,2-4,7-9H2,1H3,(H,16,18)(H,17,19). The van der Waals surface area contributed by atoms with Gasteiger partial charge in [-0.1, -0.05) is 18.5 Å². The van der Waals surface area contributed by atoms with Crippen molar-refractivity contribution in [3.8, 4) is 0 Å². The number of pyridine rings is 1. The molecule has 20 heavy (non-hydrogen) atoms. The second-order valence-electron chi connectivity index (χ2n) is 4.84. The third-order valence-electron chi connectivity index (χ3n) is 3.11. The molecular formula is C14H20ClN3O2. The molecule has 1 aromatic heterocycles. The molecule has 1 atom stereocenters. The Hall–Kier alpha value is -1.33. The smallest absolute Gasteiger partial charge is 0.271 e. The molecule has 110 valence electrons. The Labute approximate surface area is 124 Å². The predicted molar refractivity (Wildman–Crippen MR) is 79.3 cm³/mol. The van der Waals surface area contributed by atoms with E-state index in [0.29, 0.717) is 17.4 Å². The van der Waals surface area contributed by atoms with E-state index in [0.717, 1.165) is 32.4 Å². The average molecular weight is 298 g/mol. The molecule has 0 aliphatic carbocycles. The van der Waals surface area contributed by atoms with Gasteiger partial charge in [0.05, 0.1) is 17.7 Å². The maximum absolute atomic E-state index is 12.2. The van der Waals surface area contributed by atoms with Gasteiger partial charge in [0, 0.05) is 13.2 Å². The number of nitrogens with zero attached hydrogens (tertiary/aromatic N) is 1. The molecular weight excluding hydrogens is 278 g/mol. The molecule has 1 fully saturated rings. The van der Waals surface area contributed by atoms with Gasteiger partial charge in [0.1, 0.15) is 11.5 Å². The number of carbonyl (C=O) groups excluding carboxylic acids is 1. The molecule has 2 heterocycles. The molecule has 2 rings (SSSR count). The molecule has 0 saturated carbocycles. The minimum Gasteiger partial charge on any atom is -0.379 e. The van der Waals surface area contributed by atoms with Crippen LogP contribution in [0.4, 0.5) is 5.82 Å². The van der Waals surface area contributed by atoms with E-state index in [-0.39, 0.29) is 17.6 Å². The topological polar surface area (TPSA) is 63.2 Å². The van der Waals surface area contributed by atoms with Crippen LogP contribution in [0.5, 0.6) is 0 Å². The van der Waals surface area contributed by atoms with E-state index in [1.165, 1.54) is 0 Å². The summed E-state index contributed by atoms with van der Waals surface area (Å²) in [4.78, 5) is 16.5. The first-order valence-electron chi connectivity index (χ1n) is 6.99. The van der Waals surface area contributed by atoms with Gasteiger partial charge >= 0.3 is 0 Å². The van der Waals surface area contributed by atoms with Gasteiger partial charge in [0.15, 0.2) is 0 Å². The number of ether oxygens (including phenoxy) is 1. The van der Waals surface area contributed by atoms with Crippen molar-refractivity contribution < 1.29 is 9.53 Å². The Morgan fingerprint density at radius 3 is 3.10 bits per heavy atom. The lowest BCUT2D eigenvalue weighted by Crippen LogP contribution is -2.41. The van der Waals surface area contributed by atoms with Crippen LogP contribution in [0.15, 0.2) is 12.1 Å². The van der Waals surface area contributed by atoms with Crippen LogP contribution in [0, 0.1) is 0 Å². The maximum Gasteiger partial charge on any atom is 0.271 e. The van der Waals surface area contributed by atoms with Crippen LogP contribution in [0.3, 0.4) is 0 Å². The van der Waals surface area contributed by atoms with Crippen molar-refractivity contribution in [3.05, 3.63) is 22.8 Å². The number of hydrogen-bond acceptors (Lipinski definition) is 4. The van der Waals surface area contributed by atoms with Crippen LogP contribution in [0.1, 0.15) is 36.7 Å². The quantitative estimate of drug-likeness (QED) is 0.876. The van der Waals surface area contributed by atoms with Crippen LogP contribution < -0.4 is 10.6 Å². The van der Waals surface area contributed by atoms with Gasteiger partial charge in [0.25, 0.3) is 5.91 Å². The zero-order chi connectivity index (χ0) is 14.4. The van der Waals surface area contributed by atoms with Crippen molar-refractivity contribution >= 4 is 23.3 Å². The van der Waals surface area contributed by atoms with Gasteiger partial charge in [0.2, 0.25) is 0 Å². The van der Waals surface area contributed by atoms with E-state index < -0.39 is 0 Å². The SMILES string of the molecule is CCCNc1ccc(Cl)c(C(=O)NC2CCCOC2)n1. The van der Waals surface area contributed by atoms with Crippen LogP contribution in [0.2, 0.25) is 5.02 Å². The van der Waals surface area contributed by atoms with Crippen molar-refractivity contribution in [1.29, 1.82) is 0 Å². The molecule has 1 aliphatic heterocycles. The monoisotopic (exact) mass is 297 g/mol. The molecule has 0 radical (unpaired) electrons. The zero-order valence-electron chi connectivity index (χ0n) is 11.6. The number of aromatic nitrogens is 1. The molecule has 0 aromatic carbocycles. The fourth-order valence-corrected chi connectivity index (χ4v) is 2.25. The minimum atomic E-state index is -0.245. The van der Waals surface area contributed by atoms with Crippen LogP contribution >= 0.6 is 11.6 Å². The average Bonchev–Trinajstić information content (AvgIpc) is 2.47. The predicted octanol–water partition coefficient (Wildman–Crippen LogP) is 2.47. The maximum atomic E-state index is 12.2. The summed E-state index contributed by atoms with van der Waals surface area (Å²) >= 11 is 6.06. The van der Waals surface area contributed by atoms with E-state index in [1.807, 2.05) is 0 Å². The van der Waals surface area contributed by atoms with Gasteiger partial charge in [-0.15, -0.1) is 0 Å². The van der Waals surface area contributed by atoms with Crippen molar-refractivity contribution in [2.75, 3.05) is 25.1 Å². The lowest BCUT2D eigenvalue weighted by Gasteiger charge is -2.23. The Balaban J connectivity index is 2.03. The fourth-order valence-electron chi connectivity index (χ4n) is 2.06.